The highest BCUT2D eigenvalue weighted by atomic mass is 16.2. The second-order valence-electron chi connectivity index (χ2n) is 7.86. The molecule has 0 saturated carbocycles. The van der Waals surface area contributed by atoms with Crippen molar-refractivity contribution in [1.82, 2.24) is 9.38 Å². The van der Waals surface area contributed by atoms with Gasteiger partial charge in [0.1, 0.15) is 11.3 Å². The zero-order valence-corrected chi connectivity index (χ0v) is 16.9. The molecule has 146 valence electrons. The summed E-state index contributed by atoms with van der Waals surface area (Å²) in [6.45, 7) is 8.59. The Morgan fingerprint density at radius 1 is 1.18 bits per heavy atom. The Balaban J connectivity index is 1.53. The van der Waals surface area contributed by atoms with E-state index >= 15 is 0 Å². The number of benzene rings is 1. The van der Waals surface area contributed by atoms with Gasteiger partial charge in [0.15, 0.2) is 0 Å². The topological polar surface area (TPSA) is 49.6 Å². The molecule has 28 heavy (non-hydrogen) atoms. The smallest absolute Gasteiger partial charge is 0.274 e. The van der Waals surface area contributed by atoms with E-state index in [0.29, 0.717) is 5.69 Å². The molecule has 0 bridgehead atoms. The summed E-state index contributed by atoms with van der Waals surface area (Å²) in [5, 5.41) is 3.04. The molecule has 0 unspecified atom stereocenters. The number of aromatic nitrogens is 2. The van der Waals surface area contributed by atoms with Gasteiger partial charge in [0.2, 0.25) is 0 Å². The highest BCUT2D eigenvalue weighted by Gasteiger charge is 2.19. The Bertz CT molecular complexity index is 982. The van der Waals surface area contributed by atoms with E-state index in [1.807, 2.05) is 48.7 Å². The van der Waals surface area contributed by atoms with Gasteiger partial charge < -0.3 is 10.2 Å². The summed E-state index contributed by atoms with van der Waals surface area (Å²) in [4.78, 5) is 20.0. The number of piperidine rings is 1. The molecule has 1 aliphatic rings. The first-order valence-electron chi connectivity index (χ1n) is 10.2. The second kappa shape index (κ2) is 7.66. The third-order valence-corrected chi connectivity index (χ3v) is 5.68. The van der Waals surface area contributed by atoms with Gasteiger partial charge >= 0.3 is 0 Å². The maximum Gasteiger partial charge on any atom is 0.274 e. The molecule has 5 heteroatoms. The maximum atomic E-state index is 13.0. The predicted molar refractivity (Wildman–Crippen MR) is 114 cm³/mol. The SMILES string of the molecule is CCc1nc2cc(C)ccn2c1C(=O)Nc1ccc(N2CCC(C)CC2)cc1. The van der Waals surface area contributed by atoms with E-state index in [1.165, 1.54) is 18.5 Å². The third-order valence-electron chi connectivity index (χ3n) is 5.68. The second-order valence-corrected chi connectivity index (χ2v) is 7.86. The molecule has 1 amide bonds. The number of carbonyl (C=O) groups excluding carboxylic acids is 1. The first-order valence-corrected chi connectivity index (χ1v) is 10.2. The Kier molecular flexibility index (Phi) is 5.07. The molecule has 3 heterocycles. The average molecular weight is 377 g/mol. The molecule has 0 radical (unpaired) electrons. The molecule has 0 aliphatic carbocycles. The molecule has 0 atom stereocenters. The van der Waals surface area contributed by atoms with Gasteiger partial charge in [0.25, 0.3) is 5.91 Å². The molecule has 2 aromatic heterocycles. The van der Waals surface area contributed by atoms with Crippen LogP contribution in [0.1, 0.15) is 48.4 Å². The Labute approximate surface area is 166 Å². The number of hydrogen-bond donors (Lipinski definition) is 1. The van der Waals surface area contributed by atoms with Crippen LogP contribution >= 0.6 is 0 Å². The summed E-state index contributed by atoms with van der Waals surface area (Å²) in [6, 6.07) is 12.2. The van der Waals surface area contributed by atoms with Crippen LogP contribution in [0.5, 0.6) is 0 Å². The molecule has 4 rings (SSSR count). The normalized spacial score (nSPS) is 15.2. The van der Waals surface area contributed by atoms with Crippen molar-refractivity contribution >= 4 is 22.9 Å². The van der Waals surface area contributed by atoms with Crippen molar-refractivity contribution in [1.29, 1.82) is 0 Å². The van der Waals surface area contributed by atoms with Crippen LogP contribution in [0.2, 0.25) is 0 Å². The van der Waals surface area contributed by atoms with Crippen molar-refractivity contribution in [3.05, 3.63) is 59.5 Å². The van der Waals surface area contributed by atoms with Crippen LogP contribution in [-0.2, 0) is 6.42 Å². The Morgan fingerprint density at radius 3 is 2.57 bits per heavy atom. The van der Waals surface area contributed by atoms with E-state index in [-0.39, 0.29) is 5.91 Å². The van der Waals surface area contributed by atoms with E-state index < -0.39 is 0 Å². The van der Waals surface area contributed by atoms with Crippen LogP contribution in [-0.4, -0.2) is 28.4 Å². The predicted octanol–water partition coefficient (Wildman–Crippen LogP) is 4.69. The van der Waals surface area contributed by atoms with Gasteiger partial charge in [-0.15, -0.1) is 0 Å². The number of fused-ring (bicyclic) bond motifs is 1. The van der Waals surface area contributed by atoms with Crippen molar-refractivity contribution < 1.29 is 4.79 Å². The molecule has 1 aliphatic heterocycles. The van der Waals surface area contributed by atoms with Gasteiger partial charge in [-0.3, -0.25) is 9.20 Å². The minimum atomic E-state index is -0.118. The summed E-state index contributed by atoms with van der Waals surface area (Å²) in [5.74, 6) is 0.699. The fourth-order valence-corrected chi connectivity index (χ4v) is 3.89. The lowest BCUT2D eigenvalue weighted by Gasteiger charge is -2.32. The van der Waals surface area contributed by atoms with Crippen LogP contribution in [0.15, 0.2) is 42.6 Å². The number of aryl methyl sites for hydroxylation is 2. The molecular formula is C23H28N4O. The van der Waals surface area contributed by atoms with Gasteiger partial charge in [0.05, 0.1) is 5.69 Å². The molecule has 1 saturated heterocycles. The Morgan fingerprint density at radius 2 is 1.89 bits per heavy atom. The van der Waals surface area contributed by atoms with Crippen LogP contribution in [0.3, 0.4) is 0 Å². The number of carbonyl (C=O) groups is 1. The number of anilines is 2. The van der Waals surface area contributed by atoms with Gasteiger partial charge in [-0.2, -0.15) is 0 Å². The number of nitrogens with zero attached hydrogens (tertiary/aromatic N) is 3. The number of hydrogen-bond acceptors (Lipinski definition) is 3. The van der Waals surface area contributed by atoms with Gasteiger partial charge in [-0.05, 0) is 74.1 Å². The van der Waals surface area contributed by atoms with Gasteiger partial charge in [-0.1, -0.05) is 13.8 Å². The number of rotatable bonds is 4. The molecule has 3 aromatic rings. The highest BCUT2D eigenvalue weighted by Crippen LogP contribution is 2.25. The van der Waals surface area contributed by atoms with E-state index in [0.717, 1.165) is 48.0 Å². The van der Waals surface area contributed by atoms with Crippen molar-refractivity contribution in [3.63, 3.8) is 0 Å². The molecule has 0 spiro atoms. The summed E-state index contributed by atoms with van der Waals surface area (Å²) in [7, 11) is 0. The zero-order chi connectivity index (χ0) is 19.7. The fourth-order valence-electron chi connectivity index (χ4n) is 3.89. The van der Waals surface area contributed by atoms with Crippen molar-refractivity contribution in [3.8, 4) is 0 Å². The first kappa shape index (κ1) is 18.5. The van der Waals surface area contributed by atoms with E-state index in [9.17, 15) is 4.79 Å². The van der Waals surface area contributed by atoms with Gasteiger partial charge in [-0.25, -0.2) is 4.98 Å². The number of nitrogens with one attached hydrogen (secondary N) is 1. The number of amides is 1. The molecule has 5 nitrogen and oxygen atoms in total. The standard InChI is InChI=1S/C23H28N4O/c1-4-20-22(27-14-11-17(3)15-21(27)25-20)23(28)24-18-5-7-19(8-6-18)26-12-9-16(2)10-13-26/h5-8,11,14-16H,4,9-10,12-13H2,1-3H3,(H,24,28). The van der Waals surface area contributed by atoms with E-state index in [1.54, 1.807) is 0 Å². The van der Waals surface area contributed by atoms with Crippen LogP contribution in [0.25, 0.3) is 5.65 Å². The van der Waals surface area contributed by atoms with E-state index in [2.05, 4.69) is 34.3 Å². The highest BCUT2D eigenvalue weighted by molar-refractivity contribution is 6.04. The monoisotopic (exact) mass is 376 g/mol. The molecule has 1 aromatic carbocycles. The molecular weight excluding hydrogens is 348 g/mol. The zero-order valence-electron chi connectivity index (χ0n) is 16.9. The van der Waals surface area contributed by atoms with Crippen LogP contribution in [0.4, 0.5) is 11.4 Å². The summed E-state index contributed by atoms with van der Waals surface area (Å²) in [5.41, 5.74) is 5.42. The van der Waals surface area contributed by atoms with E-state index in [4.69, 9.17) is 0 Å². The average Bonchev–Trinajstić information content (AvgIpc) is 3.07. The molecule has 1 fully saturated rings. The Hall–Kier alpha value is -2.82. The summed E-state index contributed by atoms with van der Waals surface area (Å²) < 4.78 is 1.88. The van der Waals surface area contributed by atoms with Crippen molar-refractivity contribution in [2.45, 2.75) is 40.0 Å². The number of imidazole rings is 1. The van der Waals surface area contributed by atoms with Crippen molar-refractivity contribution in [2.75, 3.05) is 23.3 Å². The lowest BCUT2D eigenvalue weighted by atomic mass is 9.99. The lowest BCUT2D eigenvalue weighted by Crippen LogP contribution is -2.32. The minimum absolute atomic E-state index is 0.118. The van der Waals surface area contributed by atoms with Crippen LogP contribution < -0.4 is 10.2 Å². The fraction of sp³-hybridized carbons (Fsp3) is 0.391. The largest absolute Gasteiger partial charge is 0.372 e. The third kappa shape index (κ3) is 3.61. The minimum Gasteiger partial charge on any atom is -0.372 e. The summed E-state index contributed by atoms with van der Waals surface area (Å²) >= 11 is 0. The molecule has 1 N–H and O–H groups in total. The number of pyridine rings is 1. The van der Waals surface area contributed by atoms with Crippen molar-refractivity contribution in [2.24, 2.45) is 5.92 Å². The lowest BCUT2D eigenvalue weighted by molar-refractivity contribution is 0.102. The quantitative estimate of drug-likeness (QED) is 0.718. The summed E-state index contributed by atoms with van der Waals surface area (Å²) in [6.07, 6.45) is 5.13. The maximum absolute atomic E-state index is 13.0. The van der Waals surface area contributed by atoms with Crippen LogP contribution in [0, 0.1) is 12.8 Å². The van der Waals surface area contributed by atoms with Gasteiger partial charge in [0, 0.05) is 30.7 Å². The first-order chi connectivity index (χ1) is 13.5.